The number of rotatable bonds is 5. The van der Waals surface area contributed by atoms with E-state index in [-0.39, 0.29) is 6.10 Å². The molecular weight excluding hydrogens is 188 g/mol. The Balaban J connectivity index is 2.50. The average Bonchev–Trinajstić information content (AvgIpc) is 2.14. The van der Waals surface area contributed by atoms with E-state index in [1.807, 2.05) is 25.1 Å². The molecule has 0 heterocycles. The molecule has 3 nitrogen and oxygen atoms in total. The van der Waals surface area contributed by atoms with E-state index in [1.165, 1.54) is 0 Å². The monoisotopic (exact) mass is 208 g/mol. The van der Waals surface area contributed by atoms with Crippen LogP contribution in [0.1, 0.15) is 25.3 Å². The number of hydrogen-bond acceptors (Lipinski definition) is 3. The molecule has 4 N–H and O–H groups in total. The van der Waals surface area contributed by atoms with Crippen molar-refractivity contribution in [1.82, 2.24) is 0 Å². The highest BCUT2D eigenvalue weighted by Gasteiger charge is 2.02. The number of aryl methyl sites for hydroxylation is 1. The second-order valence-electron chi connectivity index (χ2n) is 3.96. The fraction of sp³-hybridized carbons (Fsp3) is 0.500. The van der Waals surface area contributed by atoms with Gasteiger partial charge in [-0.25, -0.2) is 0 Å². The first kappa shape index (κ1) is 11.9. The zero-order valence-corrected chi connectivity index (χ0v) is 9.46. The highest BCUT2D eigenvalue weighted by molar-refractivity contribution is 5.56. The molecule has 3 heteroatoms. The van der Waals surface area contributed by atoms with Gasteiger partial charge in [0.2, 0.25) is 0 Å². The molecule has 1 unspecified atom stereocenters. The van der Waals surface area contributed by atoms with Crippen LogP contribution < -0.4 is 11.1 Å². The molecule has 0 aliphatic rings. The van der Waals surface area contributed by atoms with Crippen LogP contribution >= 0.6 is 0 Å². The Labute approximate surface area is 91.3 Å². The van der Waals surface area contributed by atoms with Crippen molar-refractivity contribution in [3.05, 3.63) is 23.8 Å². The van der Waals surface area contributed by atoms with Crippen molar-refractivity contribution in [2.24, 2.45) is 0 Å². The molecule has 0 saturated heterocycles. The lowest BCUT2D eigenvalue weighted by molar-refractivity contribution is 0.176. The van der Waals surface area contributed by atoms with Crippen molar-refractivity contribution in [1.29, 1.82) is 0 Å². The van der Waals surface area contributed by atoms with E-state index in [0.29, 0.717) is 6.54 Å². The minimum Gasteiger partial charge on any atom is -0.399 e. The average molecular weight is 208 g/mol. The van der Waals surface area contributed by atoms with E-state index in [0.717, 1.165) is 29.8 Å². The van der Waals surface area contributed by atoms with Gasteiger partial charge in [-0.1, -0.05) is 13.3 Å². The van der Waals surface area contributed by atoms with Gasteiger partial charge in [0.25, 0.3) is 0 Å². The Kier molecular flexibility index (Phi) is 4.43. The van der Waals surface area contributed by atoms with E-state index >= 15 is 0 Å². The van der Waals surface area contributed by atoms with Crippen molar-refractivity contribution in [2.75, 3.05) is 17.6 Å². The van der Waals surface area contributed by atoms with Gasteiger partial charge in [0.05, 0.1) is 6.10 Å². The fourth-order valence-electron chi connectivity index (χ4n) is 1.59. The molecule has 0 spiro atoms. The van der Waals surface area contributed by atoms with Gasteiger partial charge < -0.3 is 16.2 Å². The summed E-state index contributed by atoms with van der Waals surface area (Å²) < 4.78 is 0. The van der Waals surface area contributed by atoms with Crippen molar-refractivity contribution in [2.45, 2.75) is 32.8 Å². The number of nitrogens with two attached hydrogens (primary N) is 1. The molecule has 84 valence electrons. The maximum atomic E-state index is 9.56. The first-order valence-electron chi connectivity index (χ1n) is 5.41. The second kappa shape index (κ2) is 5.61. The third-order valence-electron chi connectivity index (χ3n) is 2.26. The lowest BCUT2D eigenvalue weighted by Gasteiger charge is -2.12. The number of nitrogen functional groups attached to an aromatic ring is 1. The van der Waals surface area contributed by atoms with Gasteiger partial charge in [0.1, 0.15) is 0 Å². The summed E-state index contributed by atoms with van der Waals surface area (Å²) in [5.74, 6) is 0. The number of aliphatic hydroxyl groups is 1. The molecule has 15 heavy (non-hydrogen) atoms. The van der Waals surface area contributed by atoms with Crippen LogP contribution in [0.5, 0.6) is 0 Å². The lowest BCUT2D eigenvalue weighted by Crippen LogP contribution is -2.19. The van der Waals surface area contributed by atoms with E-state index in [4.69, 9.17) is 5.73 Å². The van der Waals surface area contributed by atoms with Gasteiger partial charge in [-0.05, 0) is 37.1 Å². The first-order chi connectivity index (χ1) is 7.11. The molecule has 1 aromatic rings. The molecule has 1 atom stereocenters. The van der Waals surface area contributed by atoms with Gasteiger partial charge in [0, 0.05) is 17.9 Å². The Morgan fingerprint density at radius 1 is 1.40 bits per heavy atom. The first-order valence-corrected chi connectivity index (χ1v) is 5.41. The highest BCUT2D eigenvalue weighted by Crippen LogP contribution is 2.15. The predicted octanol–water partition coefficient (Wildman–Crippen LogP) is 2.15. The van der Waals surface area contributed by atoms with Gasteiger partial charge in [0.15, 0.2) is 0 Å². The summed E-state index contributed by atoms with van der Waals surface area (Å²) in [6, 6.07) is 5.83. The Morgan fingerprint density at radius 2 is 2.13 bits per heavy atom. The van der Waals surface area contributed by atoms with Crippen LogP contribution in [-0.2, 0) is 0 Å². The molecule has 0 bridgehead atoms. The zero-order chi connectivity index (χ0) is 11.3. The van der Waals surface area contributed by atoms with E-state index in [1.54, 1.807) is 0 Å². The van der Waals surface area contributed by atoms with Crippen molar-refractivity contribution < 1.29 is 5.11 Å². The van der Waals surface area contributed by atoms with Crippen molar-refractivity contribution >= 4 is 11.4 Å². The molecule has 0 radical (unpaired) electrons. The molecule has 0 aliphatic heterocycles. The Bertz CT molecular complexity index is 292. The van der Waals surface area contributed by atoms with Crippen LogP contribution in [0.3, 0.4) is 0 Å². The highest BCUT2D eigenvalue weighted by atomic mass is 16.3. The minimum absolute atomic E-state index is 0.281. The zero-order valence-electron chi connectivity index (χ0n) is 9.46. The molecule has 1 aromatic carbocycles. The third kappa shape index (κ3) is 4.21. The number of hydrogen-bond donors (Lipinski definition) is 3. The van der Waals surface area contributed by atoms with Gasteiger partial charge >= 0.3 is 0 Å². The summed E-state index contributed by atoms with van der Waals surface area (Å²) in [6.07, 6.45) is 1.55. The van der Waals surface area contributed by atoms with E-state index in [2.05, 4.69) is 12.2 Å². The molecule has 0 fully saturated rings. The van der Waals surface area contributed by atoms with Gasteiger partial charge in [-0.3, -0.25) is 0 Å². The summed E-state index contributed by atoms with van der Waals surface area (Å²) in [6.45, 7) is 4.65. The summed E-state index contributed by atoms with van der Waals surface area (Å²) in [5, 5.41) is 12.7. The number of nitrogens with one attached hydrogen (secondary N) is 1. The largest absolute Gasteiger partial charge is 0.399 e. The van der Waals surface area contributed by atoms with Crippen LogP contribution in [0.25, 0.3) is 0 Å². The molecule has 1 rings (SSSR count). The lowest BCUT2D eigenvalue weighted by atomic mass is 10.1. The summed E-state index contributed by atoms with van der Waals surface area (Å²) in [4.78, 5) is 0. The summed E-state index contributed by atoms with van der Waals surface area (Å²) in [5.41, 5.74) is 8.58. The number of anilines is 2. The molecule has 0 amide bonds. The fourth-order valence-corrected chi connectivity index (χ4v) is 1.59. The van der Waals surface area contributed by atoms with Crippen LogP contribution in [0.4, 0.5) is 11.4 Å². The smallest absolute Gasteiger partial charge is 0.0712 e. The normalized spacial score (nSPS) is 12.5. The SMILES string of the molecule is CCCC(O)CNc1cc(C)cc(N)c1. The quantitative estimate of drug-likeness (QED) is 0.650. The van der Waals surface area contributed by atoms with Crippen molar-refractivity contribution in [3.63, 3.8) is 0 Å². The Morgan fingerprint density at radius 3 is 2.73 bits per heavy atom. The summed E-state index contributed by atoms with van der Waals surface area (Å²) >= 11 is 0. The van der Waals surface area contributed by atoms with Crippen LogP contribution in [0.2, 0.25) is 0 Å². The van der Waals surface area contributed by atoms with Crippen molar-refractivity contribution in [3.8, 4) is 0 Å². The third-order valence-corrected chi connectivity index (χ3v) is 2.26. The maximum absolute atomic E-state index is 9.56. The molecule has 0 saturated carbocycles. The molecule has 0 aromatic heterocycles. The number of aliphatic hydroxyl groups excluding tert-OH is 1. The second-order valence-corrected chi connectivity index (χ2v) is 3.96. The van der Waals surface area contributed by atoms with Gasteiger partial charge in [-0.15, -0.1) is 0 Å². The van der Waals surface area contributed by atoms with Crippen LogP contribution in [-0.4, -0.2) is 17.8 Å². The summed E-state index contributed by atoms with van der Waals surface area (Å²) in [7, 11) is 0. The minimum atomic E-state index is -0.281. The maximum Gasteiger partial charge on any atom is 0.0712 e. The number of benzene rings is 1. The topological polar surface area (TPSA) is 58.3 Å². The van der Waals surface area contributed by atoms with Gasteiger partial charge in [-0.2, -0.15) is 0 Å². The van der Waals surface area contributed by atoms with E-state index in [9.17, 15) is 5.11 Å². The van der Waals surface area contributed by atoms with Crippen LogP contribution in [0, 0.1) is 6.92 Å². The van der Waals surface area contributed by atoms with E-state index < -0.39 is 0 Å². The van der Waals surface area contributed by atoms with Crippen LogP contribution in [0.15, 0.2) is 18.2 Å². The molecular formula is C12H20N2O. The standard InChI is InChI=1S/C12H20N2O/c1-3-4-12(15)8-14-11-6-9(2)5-10(13)7-11/h5-7,12,14-15H,3-4,8,13H2,1-2H3. The predicted molar refractivity (Wildman–Crippen MR) is 65.0 cm³/mol. The Hall–Kier alpha value is -1.22. The molecule has 0 aliphatic carbocycles.